The maximum atomic E-state index is 12.7. The zero-order valence-electron chi connectivity index (χ0n) is 20.3. The van der Waals surface area contributed by atoms with Crippen LogP contribution in [0.25, 0.3) is 0 Å². The number of benzene rings is 1. The molecule has 2 bridgehead atoms. The fourth-order valence-electron chi connectivity index (χ4n) is 6.41. The highest BCUT2D eigenvalue weighted by Crippen LogP contribution is 2.65. The van der Waals surface area contributed by atoms with Gasteiger partial charge in [-0.3, -0.25) is 9.59 Å². The third-order valence-electron chi connectivity index (χ3n) is 8.11. The van der Waals surface area contributed by atoms with Gasteiger partial charge in [0, 0.05) is 18.0 Å². The van der Waals surface area contributed by atoms with E-state index in [0.717, 1.165) is 5.56 Å². The number of aliphatic hydroxyl groups excluding tert-OH is 1. The molecule has 1 aromatic carbocycles. The Kier molecular flexibility index (Phi) is 6.12. The lowest BCUT2D eigenvalue weighted by Gasteiger charge is -2.61. The van der Waals surface area contributed by atoms with Gasteiger partial charge in [0.05, 0.1) is 23.9 Å². The number of aliphatic hydroxyl groups is 2. The van der Waals surface area contributed by atoms with Crippen molar-refractivity contribution in [2.24, 2.45) is 0 Å². The van der Waals surface area contributed by atoms with E-state index in [0.29, 0.717) is 24.9 Å². The summed E-state index contributed by atoms with van der Waals surface area (Å²) in [5.74, 6) is -5.66. The van der Waals surface area contributed by atoms with Crippen LogP contribution in [0.3, 0.4) is 0 Å². The number of hydrogen-bond acceptors (Lipinski definition) is 11. The predicted octanol–water partition coefficient (Wildman–Crippen LogP) is -0.565. The van der Waals surface area contributed by atoms with Crippen LogP contribution in [0.15, 0.2) is 24.0 Å². The van der Waals surface area contributed by atoms with Gasteiger partial charge in [0.1, 0.15) is 5.76 Å². The number of rotatable bonds is 8. The summed E-state index contributed by atoms with van der Waals surface area (Å²) in [7, 11) is 1.92. The van der Waals surface area contributed by atoms with Crippen LogP contribution < -0.4 is 4.74 Å². The van der Waals surface area contributed by atoms with Gasteiger partial charge in [-0.25, -0.2) is 9.59 Å². The second kappa shape index (κ2) is 8.96. The minimum absolute atomic E-state index is 0.00753. The number of carbonyl (C=O) groups is 4. The smallest absolute Gasteiger partial charge is 0.345 e. The first-order valence-corrected chi connectivity index (χ1v) is 12.1. The van der Waals surface area contributed by atoms with Gasteiger partial charge in [-0.15, -0.1) is 0 Å². The van der Waals surface area contributed by atoms with E-state index in [9.17, 15) is 34.5 Å². The van der Waals surface area contributed by atoms with E-state index >= 15 is 0 Å². The number of aliphatic carboxylic acids is 2. The lowest BCUT2D eigenvalue weighted by molar-refractivity contribution is -0.175. The molecule has 13 nitrogen and oxygen atoms in total. The van der Waals surface area contributed by atoms with Crippen molar-refractivity contribution in [3.8, 4) is 11.5 Å². The number of aromatic hydroxyl groups is 1. The molecule has 2 heterocycles. The number of nitrogens with zero attached hydrogens (tertiary/aromatic N) is 1. The number of likely N-dealkylation sites (tertiary alicyclic amines) is 1. The Labute approximate surface area is 215 Å². The predicted molar refractivity (Wildman–Crippen MR) is 123 cm³/mol. The summed E-state index contributed by atoms with van der Waals surface area (Å²) in [6.07, 6.45) is -4.42. The number of phenols is 1. The first kappa shape index (κ1) is 25.9. The third-order valence-corrected chi connectivity index (χ3v) is 8.11. The van der Waals surface area contributed by atoms with Gasteiger partial charge in [0.25, 0.3) is 0 Å². The number of carbonyl (C=O) groups excluding carboxylic acids is 2. The summed E-state index contributed by atoms with van der Waals surface area (Å²) in [4.78, 5) is 48.8. The molecule has 0 amide bonds. The van der Waals surface area contributed by atoms with Crippen molar-refractivity contribution in [3.63, 3.8) is 0 Å². The number of likely N-dealkylation sites (N-methyl/N-ethyl adjacent to an activating group) is 1. The summed E-state index contributed by atoms with van der Waals surface area (Å²) in [6.45, 7) is 0.609. The molecule has 2 aliphatic heterocycles. The molecule has 6 atom stereocenters. The van der Waals surface area contributed by atoms with E-state index < -0.39 is 66.0 Å². The molecule has 5 N–H and O–H groups in total. The van der Waals surface area contributed by atoms with Crippen molar-refractivity contribution >= 4 is 23.9 Å². The molecule has 0 aromatic heterocycles. The molecule has 4 aliphatic rings. The summed E-state index contributed by atoms with van der Waals surface area (Å²) in [5.41, 5.74) is -0.721. The third kappa shape index (κ3) is 3.72. The molecule has 1 fully saturated rings. The minimum atomic E-state index is -2.05. The van der Waals surface area contributed by atoms with E-state index in [-0.39, 0.29) is 29.7 Å². The Hall–Kier alpha value is -3.68. The minimum Gasteiger partial charge on any atom is -0.504 e. The van der Waals surface area contributed by atoms with Gasteiger partial charge >= 0.3 is 23.9 Å². The highest BCUT2D eigenvalue weighted by molar-refractivity contribution is 5.85. The van der Waals surface area contributed by atoms with Crippen molar-refractivity contribution in [1.82, 2.24) is 4.90 Å². The van der Waals surface area contributed by atoms with E-state index in [1.807, 2.05) is 7.05 Å². The van der Waals surface area contributed by atoms with Crippen molar-refractivity contribution in [3.05, 3.63) is 35.1 Å². The molecule has 204 valence electrons. The summed E-state index contributed by atoms with van der Waals surface area (Å²) in [5, 5.41) is 50.6. The maximum absolute atomic E-state index is 12.7. The first-order valence-electron chi connectivity index (χ1n) is 12.1. The number of carboxylic acids is 2. The van der Waals surface area contributed by atoms with Gasteiger partial charge < -0.3 is 44.6 Å². The normalized spacial score (nSPS) is 30.2. The number of phenolic OH excluding ortho intramolecular Hbond substituents is 1. The van der Waals surface area contributed by atoms with Crippen LogP contribution in [-0.4, -0.2) is 97.9 Å². The summed E-state index contributed by atoms with van der Waals surface area (Å²) >= 11 is 0. The monoisotopic (exact) mass is 533 g/mol. The highest BCUT2D eigenvalue weighted by Gasteiger charge is 2.72. The number of piperidine rings is 1. The van der Waals surface area contributed by atoms with Crippen molar-refractivity contribution in [1.29, 1.82) is 0 Å². The molecule has 0 radical (unpaired) electrons. The topological polar surface area (TPSA) is 200 Å². The van der Waals surface area contributed by atoms with Crippen LogP contribution in [0.2, 0.25) is 0 Å². The second-order valence-electron chi connectivity index (χ2n) is 10.2. The van der Waals surface area contributed by atoms with E-state index in [4.69, 9.17) is 19.7 Å². The fraction of sp³-hybridized carbons (Fsp3) is 0.520. The summed E-state index contributed by atoms with van der Waals surface area (Å²) < 4.78 is 16.2. The lowest BCUT2D eigenvalue weighted by Crippen LogP contribution is -2.74. The fourth-order valence-corrected chi connectivity index (χ4v) is 6.41. The largest absolute Gasteiger partial charge is 0.504 e. The highest BCUT2D eigenvalue weighted by atomic mass is 16.6. The van der Waals surface area contributed by atoms with E-state index in [2.05, 4.69) is 9.64 Å². The zero-order chi connectivity index (χ0) is 27.6. The van der Waals surface area contributed by atoms with Crippen molar-refractivity contribution in [2.45, 2.75) is 67.5 Å². The van der Waals surface area contributed by atoms with Crippen LogP contribution in [0, 0.1) is 0 Å². The van der Waals surface area contributed by atoms with Crippen LogP contribution in [-0.2, 0) is 40.5 Å². The van der Waals surface area contributed by atoms with Gasteiger partial charge in [0.15, 0.2) is 23.7 Å². The molecular formula is C25H27NO12. The second-order valence-corrected chi connectivity index (χ2v) is 10.2. The SMILES string of the molecule is CN1CC[C@]23c4c5ccc(O)c4O[C@H]2C(OC(=O)[C@@H](O)CC(=O)O[C@H](CC(=O)O)C(=O)O)=CC[C@@]3(O)[C@@H]1C5. The van der Waals surface area contributed by atoms with Crippen molar-refractivity contribution in [2.75, 3.05) is 13.6 Å². The molecule has 1 aromatic rings. The number of hydrogen-bond donors (Lipinski definition) is 5. The number of ether oxygens (including phenoxy) is 3. The Morgan fingerprint density at radius 2 is 1.95 bits per heavy atom. The molecule has 38 heavy (non-hydrogen) atoms. The Morgan fingerprint density at radius 1 is 1.21 bits per heavy atom. The molecule has 1 spiro atoms. The van der Waals surface area contributed by atoms with E-state index in [1.54, 1.807) is 6.07 Å². The molecule has 1 saturated heterocycles. The average Bonchev–Trinajstić information content (AvgIpc) is 3.20. The van der Waals surface area contributed by atoms with E-state index in [1.165, 1.54) is 12.1 Å². The van der Waals surface area contributed by atoms with Gasteiger partial charge in [0.2, 0.25) is 6.10 Å². The van der Waals surface area contributed by atoms with Gasteiger partial charge in [-0.2, -0.15) is 0 Å². The number of esters is 2. The summed E-state index contributed by atoms with van der Waals surface area (Å²) in [6, 6.07) is 3.05. The molecule has 2 aliphatic carbocycles. The zero-order valence-corrected chi connectivity index (χ0v) is 20.3. The molecule has 0 saturated carbocycles. The van der Waals surface area contributed by atoms with Crippen molar-refractivity contribution < 1.29 is 58.9 Å². The lowest BCUT2D eigenvalue weighted by atomic mass is 9.50. The van der Waals surface area contributed by atoms with Gasteiger partial charge in [-0.05, 0) is 44.1 Å². The maximum Gasteiger partial charge on any atom is 0.345 e. The molecule has 5 rings (SSSR count). The van der Waals surface area contributed by atoms with Crippen LogP contribution in [0.4, 0.5) is 0 Å². The van der Waals surface area contributed by atoms with Crippen LogP contribution in [0.5, 0.6) is 11.5 Å². The molecular weight excluding hydrogens is 506 g/mol. The Morgan fingerprint density at radius 3 is 2.63 bits per heavy atom. The first-order chi connectivity index (χ1) is 17.9. The van der Waals surface area contributed by atoms with Gasteiger partial charge in [-0.1, -0.05) is 6.07 Å². The Balaban J connectivity index is 1.37. The number of carboxylic acid groups (broad SMARTS) is 2. The van der Waals surface area contributed by atoms with Crippen LogP contribution in [0.1, 0.15) is 36.8 Å². The quantitative estimate of drug-likeness (QED) is 0.266. The molecule has 0 unspecified atom stereocenters. The average molecular weight is 533 g/mol. The molecule has 13 heteroatoms. The Bertz CT molecular complexity index is 1260. The van der Waals surface area contributed by atoms with Crippen LogP contribution >= 0.6 is 0 Å². The standard InChI is InChI=1S/C25H27NO12/c1-26-7-6-24-19-11-2-3-12(27)20(19)38-21(24)14(4-5-25(24,35)16(26)8-11)37-23(34)13(28)9-18(31)36-15(22(32)33)10-17(29)30/h2-4,13,15-16,21,27-28,35H,5-10H2,1H3,(H,29,30)(H,32,33)/t13-,15+,16-,21-,24-,25+/m0/s1.